The van der Waals surface area contributed by atoms with Crippen molar-refractivity contribution in [2.75, 3.05) is 6.61 Å². The maximum atomic E-state index is 5.48. The molecule has 0 atom stereocenters. The smallest absolute Gasteiger partial charge is 0.119 e. The highest BCUT2D eigenvalue weighted by molar-refractivity contribution is 5.72. The number of ether oxygens (including phenoxy) is 1. The summed E-state index contributed by atoms with van der Waals surface area (Å²) in [6, 6.07) is 27.2. The Hall–Kier alpha value is -2.80. The first-order chi connectivity index (χ1) is 11.3. The molecular formula is C22H20O. The Morgan fingerprint density at radius 3 is 1.74 bits per heavy atom. The molecule has 0 saturated carbocycles. The van der Waals surface area contributed by atoms with Gasteiger partial charge in [0.25, 0.3) is 0 Å². The topological polar surface area (TPSA) is 9.23 Å². The fraction of sp³-hybridized carbons (Fsp3) is 0.0909. The zero-order chi connectivity index (χ0) is 15.9. The van der Waals surface area contributed by atoms with Crippen molar-refractivity contribution in [3.05, 3.63) is 90.0 Å². The molecule has 3 rings (SSSR count). The fourth-order valence-corrected chi connectivity index (χ4v) is 2.45. The second-order valence-electron chi connectivity index (χ2n) is 5.32. The Morgan fingerprint density at radius 1 is 0.652 bits per heavy atom. The summed E-state index contributed by atoms with van der Waals surface area (Å²) in [6.07, 6.45) is 4.27. The van der Waals surface area contributed by atoms with Crippen LogP contribution >= 0.6 is 0 Å². The second-order valence-corrected chi connectivity index (χ2v) is 5.32. The van der Waals surface area contributed by atoms with E-state index in [0.29, 0.717) is 6.61 Å². The molecule has 0 spiro atoms. The van der Waals surface area contributed by atoms with Gasteiger partial charge in [0.15, 0.2) is 0 Å². The van der Waals surface area contributed by atoms with E-state index < -0.39 is 0 Å². The average Bonchev–Trinajstić information content (AvgIpc) is 2.62. The summed E-state index contributed by atoms with van der Waals surface area (Å²) >= 11 is 0. The molecular weight excluding hydrogens is 280 g/mol. The van der Waals surface area contributed by atoms with Gasteiger partial charge in [0, 0.05) is 0 Å². The van der Waals surface area contributed by atoms with Gasteiger partial charge in [-0.15, -0.1) is 0 Å². The molecule has 0 aromatic heterocycles. The van der Waals surface area contributed by atoms with Gasteiger partial charge in [0.2, 0.25) is 0 Å². The van der Waals surface area contributed by atoms with E-state index in [4.69, 9.17) is 4.74 Å². The van der Waals surface area contributed by atoms with Crippen LogP contribution in [0.15, 0.2) is 78.9 Å². The third-order valence-electron chi connectivity index (χ3n) is 3.68. The lowest BCUT2D eigenvalue weighted by Gasteiger charge is -2.05. The van der Waals surface area contributed by atoms with Crippen LogP contribution in [0.25, 0.3) is 23.3 Å². The molecule has 0 N–H and O–H groups in total. The third kappa shape index (κ3) is 4.10. The molecule has 0 amide bonds. The molecule has 0 fully saturated rings. The largest absolute Gasteiger partial charge is 0.494 e. The Kier molecular flexibility index (Phi) is 4.90. The van der Waals surface area contributed by atoms with Crippen LogP contribution in [0, 0.1) is 0 Å². The van der Waals surface area contributed by atoms with Gasteiger partial charge in [0.05, 0.1) is 6.61 Å². The Morgan fingerprint density at radius 2 is 1.17 bits per heavy atom. The summed E-state index contributed by atoms with van der Waals surface area (Å²) in [5.41, 5.74) is 4.82. The minimum atomic E-state index is 0.696. The van der Waals surface area contributed by atoms with E-state index in [1.165, 1.54) is 22.3 Å². The summed E-state index contributed by atoms with van der Waals surface area (Å²) < 4.78 is 5.48. The first-order valence-corrected chi connectivity index (χ1v) is 7.91. The summed E-state index contributed by atoms with van der Waals surface area (Å²) in [4.78, 5) is 0. The van der Waals surface area contributed by atoms with E-state index in [1.54, 1.807) is 0 Å². The molecule has 3 aromatic rings. The van der Waals surface area contributed by atoms with Gasteiger partial charge >= 0.3 is 0 Å². The van der Waals surface area contributed by atoms with Crippen LogP contribution in [-0.2, 0) is 0 Å². The third-order valence-corrected chi connectivity index (χ3v) is 3.68. The highest BCUT2D eigenvalue weighted by Gasteiger charge is 1.98. The van der Waals surface area contributed by atoms with Crippen molar-refractivity contribution in [3.8, 4) is 16.9 Å². The van der Waals surface area contributed by atoms with Crippen LogP contribution in [0.1, 0.15) is 18.1 Å². The van der Waals surface area contributed by atoms with Gasteiger partial charge in [-0.2, -0.15) is 0 Å². The summed E-state index contributed by atoms with van der Waals surface area (Å²) in [7, 11) is 0. The van der Waals surface area contributed by atoms with Gasteiger partial charge in [0.1, 0.15) is 5.75 Å². The number of hydrogen-bond donors (Lipinski definition) is 0. The molecule has 0 aliphatic rings. The molecule has 23 heavy (non-hydrogen) atoms. The lowest BCUT2D eigenvalue weighted by molar-refractivity contribution is 0.340. The minimum absolute atomic E-state index is 0.696. The van der Waals surface area contributed by atoms with Gasteiger partial charge in [-0.3, -0.25) is 0 Å². The van der Waals surface area contributed by atoms with E-state index in [9.17, 15) is 0 Å². The van der Waals surface area contributed by atoms with Crippen molar-refractivity contribution >= 4 is 12.2 Å². The van der Waals surface area contributed by atoms with Crippen LogP contribution in [0.4, 0.5) is 0 Å². The normalized spacial score (nSPS) is 10.8. The van der Waals surface area contributed by atoms with Crippen LogP contribution in [-0.4, -0.2) is 6.61 Å². The Balaban J connectivity index is 1.73. The van der Waals surface area contributed by atoms with Crippen molar-refractivity contribution in [2.45, 2.75) is 6.92 Å². The zero-order valence-electron chi connectivity index (χ0n) is 13.3. The van der Waals surface area contributed by atoms with Crippen molar-refractivity contribution < 1.29 is 4.74 Å². The van der Waals surface area contributed by atoms with Gasteiger partial charge in [-0.1, -0.05) is 78.9 Å². The van der Waals surface area contributed by atoms with Crippen LogP contribution in [0.2, 0.25) is 0 Å². The number of hydrogen-bond acceptors (Lipinski definition) is 1. The summed E-state index contributed by atoms with van der Waals surface area (Å²) in [5, 5.41) is 0. The number of rotatable bonds is 5. The lowest BCUT2D eigenvalue weighted by Crippen LogP contribution is -1.90. The highest BCUT2D eigenvalue weighted by Crippen LogP contribution is 2.23. The maximum Gasteiger partial charge on any atom is 0.119 e. The molecule has 0 unspecified atom stereocenters. The molecule has 0 bridgehead atoms. The second kappa shape index (κ2) is 7.46. The van der Waals surface area contributed by atoms with E-state index in [-0.39, 0.29) is 0 Å². The maximum absolute atomic E-state index is 5.48. The van der Waals surface area contributed by atoms with Crippen LogP contribution < -0.4 is 4.74 Å². The standard InChI is InChI=1S/C22H20O/c1-2-23-22-16-14-21(15-17-22)20-12-10-19(11-13-20)9-8-18-6-4-3-5-7-18/h3-17H,2H2,1H3. The van der Waals surface area contributed by atoms with Gasteiger partial charge < -0.3 is 4.74 Å². The van der Waals surface area contributed by atoms with E-state index in [0.717, 1.165) is 5.75 Å². The predicted molar refractivity (Wildman–Crippen MR) is 98.4 cm³/mol. The van der Waals surface area contributed by atoms with Crippen LogP contribution in [0.5, 0.6) is 5.75 Å². The molecule has 0 heterocycles. The first-order valence-electron chi connectivity index (χ1n) is 7.91. The highest BCUT2D eigenvalue weighted by atomic mass is 16.5. The van der Waals surface area contributed by atoms with Crippen molar-refractivity contribution in [1.82, 2.24) is 0 Å². The monoisotopic (exact) mass is 300 g/mol. The SMILES string of the molecule is CCOc1ccc(-c2ccc(C=Cc3ccccc3)cc2)cc1. The first kappa shape index (κ1) is 15.1. The molecule has 0 saturated heterocycles. The van der Waals surface area contributed by atoms with E-state index >= 15 is 0 Å². The fourth-order valence-electron chi connectivity index (χ4n) is 2.45. The molecule has 3 aromatic carbocycles. The molecule has 1 nitrogen and oxygen atoms in total. The zero-order valence-corrected chi connectivity index (χ0v) is 13.3. The molecule has 114 valence electrons. The van der Waals surface area contributed by atoms with E-state index in [2.05, 4.69) is 72.8 Å². The lowest BCUT2D eigenvalue weighted by atomic mass is 10.0. The van der Waals surface area contributed by atoms with Crippen molar-refractivity contribution in [1.29, 1.82) is 0 Å². The van der Waals surface area contributed by atoms with Crippen molar-refractivity contribution in [2.24, 2.45) is 0 Å². The van der Waals surface area contributed by atoms with Crippen LogP contribution in [0.3, 0.4) is 0 Å². The predicted octanol–water partition coefficient (Wildman–Crippen LogP) is 5.92. The number of benzene rings is 3. The van der Waals surface area contributed by atoms with Gasteiger partial charge in [-0.05, 0) is 41.3 Å². The molecule has 0 aliphatic carbocycles. The molecule has 0 radical (unpaired) electrons. The summed E-state index contributed by atoms with van der Waals surface area (Å²) in [5.74, 6) is 0.915. The quantitative estimate of drug-likeness (QED) is 0.531. The van der Waals surface area contributed by atoms with Crippen molar-refractivity contribution in [3.63, 3.8) is 0 Å². The minimum Gasteiger partial charge on any atom is -0.494 e. The Bertz CT molecular complexity index is 753. The van der Waals surface area contributed by atoms with E-state index in [1.807, 2.05) is 25.1 Å². The Labute approximate surface area is 137 Å². The van der Waals surface area contributed by atoms with Gasteiger partial charge in [-0.25, -0.2) is 0 Å². The molecule has 0 aliphatic heterocycles. The average molecular weight is 300 g/mol. The summed E-state index contributed by atoms with van der Waals surface area (Å²) in [6.45, 7) is 2.69. The molecule has 1 heteroatoms.